The molecule has 1 amide bonds. The molecular formula is C15H28N2O. The summed E-state index contributed by atoms with van der Waals surface area (Å²) in [7, 11) is 0. The molecule has 0 radical (unpaired) electrons. The van der Waals surface area contributed by atoms with E-state index in [1.54, 1.807) is 0 Å². The van der Waals surface area contributed by atoms with Crippen LogP contribution in [0.2, 0.25) is 0 Å². The zero-order chi connectivity index (χ0) is 13.0. The van der Waals surface area contributed by atoms with Crippen molar-refractivity contribution in [1.29, 1.82) is 0 Å². The Balaban J connectivity index is 1.81. The number of carbonyl (C=O) groups is 1. The van der Waals surface area contributed by atoms with Gasteiger partial charge in [-0.3, -0.25) is 4.79 Å². The van der Waals surface area contributed by atoms with E-state index in [9.17, 15) is 4.79 Å². The van der Waals surface area contributed by atoms with Gasteiger partial charge in [-0.2, -0.15) is 0 Å². The number of fused-ring (bicyclic) bond motifs is 1. The van der Waals surface area contributed by atoms with Crippen LogP contribution in [0, 0.1) is 17.8 Å². The summed E-state index contributed by atoms with van der Waals surface area (Å²) in [4.78, 5) is 12.2. The fourth-order valence-electron chi connectivity index (χ4n) is 3.79. The summed E-state index contributed by atoms with van der Waals surface area (Å²) in [6, 6.07) is 0.228. The first kappa shape index (κ1) is 13.9. The van der Waals surface area contributed by atoms with Crippen LogP contribution in [0.3, 0.4) is 0 Å². The third kappa shape index (κ3) is 3.47. The highest BCUT2D eigenvalue weighted by molar-refractivity contribution is 5.79. The van der Waals surface area contributed by atoms with Gasteiger partial charge in [-0.25, -0.2) is 0 Å². The first-order valence-electron chi connectivity index (χ1n) is 7.71. The van der Waals surface area contributed by atoms with E-state index in [2.05, 4.69) is 12.2 Å². The zero-order valence-corrected chi connectivity index (χ0v) is 11.7. The van der Waals surface area contributed by atoms with Crippen LogP contribution in [0.15, 0.2) is 0 Å². The molecule has 0 aromatic carbocycles. The Bertz CT molecular complexity index is 280. The number of nitrogens with two attached hydrogens (primary N) is 1. The van der Waals surface area contributed by atoms with Crippen molar-refractivity contribution in [3.8, 4) is 0 Å². The second-order valence-corrected chi connectivity index (χ2v) is 6.30. The molecule has 3 nitrogen and oxygen atoms in total. The van der Waals surface area contributed by atoms with Gasteiger partial charge >= 0.3 is 0 Å². The van der Waals surface area contributed by atoms with Gasteiger partial charge in [0, 0.05) is 12.0 Å². The fourth-order valence-corrected chi connectivity index (χ4v) is 3.79. The molecule has 2 saturated carbocycles. The number of carbonyl (C=O) groups excluding carboxylic acids is 1. The van der Waals surface area contributed by atoms with Crippen LogP contribution in [0.25, 0.3) is 0 Å². The van der Waals surface area contributed by atoms with Crippen LogP contribution in [-0.2, 0) is 4.79 Å². The molecule has 2 fully saturated rings. The lowest BCUT2D eigenvalue weighted by molar-refractivity contribution is -0.127. The Morgan fingerprint density at radius 2 is 1.94 bits per heavy atom. The van der Waals surface area contributed by atoms with Crippen LogP contribution in [0.5, 0.6) is 0 Å². The predicted octanol–water partition coefficient (Wildman–Crippen LogP) is 2.45. The minimum absolute atomic E-state index is 0.228. The van der Waals surface area contributed by atoms with Crippen molar-refractivity contribution in [2.75, 3.05) is 6.54 Å². The molecule has 2 aliphatic carbocycles. The number of rotatable bonds is 4. The monoisotopic (exact) mass is 252 g/mol. The van der Waals surface area contributed by atoms with E-state index in [-0.39, 0.29) is 17.9 Å². The van der Waals surface area contributed by atoms with Crippen molar-refractivity contribution in [2.45, 2.75) is 64.3 Å². The average molecular weight is 252 g/mol. The summed E-state index contributed by atoms with van der Waals surface area (Å²) in [5.41, 5.74) is 5.52. The molecule has 18 heavy (non-hydrogen) atoms. The molecular weight excluding hydrogens is 224 g/mol. The topological polar surface area (TPSA) is 55.1 Å². The summed E-state index contributed by atoms with van der Waals surface area (Å²) < 4.78 is 0. The maximum atomic E-state index is 12.2. The minimum atomic E-state index is 0.228. The lowest BCUT2D eigenvalue weighted by Gasteiger charge is -2.39. The summed E-state index contributed by atoms with van der Waals surface area (Å²) >= 11 is 0. The molecule has 3 N–H and O–H groups in total. The molecule has 4 atom stereocenters. The van der Waals surface area contributed by atoms with E-state index >= 15 is 0 Å². The number of hydrogen-bond acceptors (Lipinski definition) is 2. The molecule has 0 bridgehead atoms. The molecule has 3 heteroatoms. The Hall–Kier alpha value is -0.570. The third-order valence-corrected chi connectivity index (χ3v) is 4.90. The van der Waals surface area contributed by atoms with Crippen molar-refractivity contribution in [3.05, 3.63) is 0 Å². The minimum Gasteiger partial charge on any atom is -0.353 e. The second kappa shape index (κ2) is 6.55. The largest absolute Gasteiger partial charge is 0.353 e. The molecule has 0 spiro atoms. The Morgan fingerprint density at radius 1 is 1.22 bits per heavy atom. The van der Waals surface area contributed by atoms with E-state index in [0.29, 0.717) is 6.54 Å². The highest BCUT2D eigenvalue weighted by atomic mass is 16.1. The van der Waals surface area contributed by atoms with Gasteiger partial charge in [-0.1, -0.05) is 25.7 Å². The van der Waals surface area contributed by atoms with Gasteiger partial charge in [0.25, 0.3) is 0 Å². The van der Waals surface area contributed by atoms with Gasteiger partial charge in [-0.05, 0) is 51.0 Å². The molecule has 2 aliphatic rings. The summed E-state index contributed by atoms with van der Waals surface area (Å²) in [5, 5.41) is 3.13. The SMILES string of the molecule is CC(CCN)NC(=O)C1CCC2CCCCC2C1. The smallest absolute Gasteiger partial charge is 0.223 e. The Kier molecular flexibility index (Phi) is 5.04. The second-order valence-electron chi connectivity index (χ2n) is 6.30. The van der Waals surface area contributed by atoms with Gasteiger partial charge in [-0.15, -0.1) is 0 Å². The van der Waals surface area contributed by atoms with Gasteiger partial charge in [0.15, 0.2) is 0 Å². The van der Waals surface area contributed by atoms with E-state index in [4.69, 9.17) is 5.73 Å². The van der Waals surface area contributed by atoms with Crippen LogP contribution in [0.1, 0.15) is 58.3 Å². The molecule has 0 saturated heterocycles. The quantitative estimate of drug-likeness (QED) is 0.807. The lowest BCUT2D eigenvalue weighted by atomic mass is 9.67. The van der Waals surface area contributed by atoms with Crippen LogP contribution in [-0.4, -0.2) is 18.5 Å². The van der Waals surface area contributed by atoms with Crippen LogP contribution in [0.4, 0.5) is 0 Å². The molecule has 0 aromatic heterocycles. The Labute approximate surface area is 111 Å². The van der Waals surface area contributed by atoms with Crippen molar-refractivity contribution < 1.29 is 4.79 Å². The van der Waals surface area contributed by atoms with Gasteiger partial charge in [0.05, 0.1) is 0 Å². The highest BCUT2D eigenvalue weighted by Crippen LogP contribution is 2.42. The number of nitrogens with one attached hydrogen (secondary N) is 1. The summed E-state index contributed by atoms with van der Waals surface area (Å²) in [6.07, 6.45) is 9.92. The predicted molar refractivity (Wildman–Crippen MR) is 74.1 cm³/mol. The maximum Gasteiger partial charge on any atom is 0.223 e. The Morgan fingerprint density at radius 3 is 2.67 bits per heavy atom. The molecule has 0 aromatic rings. The summed E-state index contributed by atoms with van der Waals surface area (Å²) in [6.45, 7) is 2.70. The molecule has 0 heterocycles. The highest BCUT2D eigenvalue weighted by Gasteiger charge is 2.35. The molecule has 4 unspecified atom stereocenters. The van der Waals surface area contributed by atoms with Crippen molar-refractivity contribution in [1.82, 2.24) is 5.32 Å². The van der Waals surface area contributed by atoms with Gasteiger partial charge in [0.1, 0.15) is 0 Å². The number of hydrogen-bond donors (Lipinski definition) is 2. The van der Waals surface area contributed by atoms with E-state index in [1.807, 2.05) is 0 Å². The van der Waals surface area contributed by atoms with E-state index in [0.717, 1.165) is 31.1 Å². The van der Waals surface area contributed by atoms with Gasteiger partial charge in [0.2, 0.25) is 5.91 Å². The normalized spacial score (nSPS) is 33.6. The standard InChI is InChI=1S/C15H28N2O/c1-11(8-9-16)17-15(18)14-7-6-12-4-2-3-5-13(12)10-14/h11-14H,2-10,16H2,1H3,(H,17,18). The first-order chi connectivity index (χ1) is 8.70. The zero-order valence-electron chi connectivity index (χ0n) is 11.7. The summed E-state index contributed by atoms with van der Waals surface area (Å²) in [5.74, 6) is 2.29. The van der Waals surface area contributed by atoms with Crippen molar-refractivity contribution in [3.63, 3.8) is 0 Å². The van der Waals surface area contributed by atoms with Crippen LogP contribution >= 0.6 is 0 Å². The molecule has 2 rings (SSSR count). The van der Waals surface area contributed by atoms with E-state index in [1.165, 1.54) is 32.1 Å². The first-order valence-corrected chi connectivity index (χ1v) is 7.71. The average Bonchev–Trinajstić information content (AvgIpc) is 2.38. The van der Waals surface area contributed by atoms with E-state index < -0.39 is 0 Å². The van der Waals surface area contributed by atoms with Crippen molar-refractivity contribution in [2.24, 2.45) is 23.5 Å². The van der Waals surface area contributed by atoms with Crippen LogP contribution < -0.4 is 11.1 Å². The number of amides is 1. The molecule has 0 aliphatic heterocycles. The maximum absolute atomic E-state index is 12.2. The fraction of sp³-hybridized carbons (Fsp3) is 0.933. The molecule has 104 valence electrons. The lowest BCUT2D eigenvalue weighted by Crippen LogP contribution is -2.41. The van der Waals surface area contributed by atoms with Crippen molar-refractivity contribution >= 4 is 5.91 Å². The van der Waals surface area contributed by atoms with Gasteiger partial charge < -0.3 is 11.1 Å². The third-order valence-electron chi connectivity index (χ3n) is 4.90.